The van der Waals surface area contributed by atoms with Crippen molar-refractivity contribution in [3.63, 3.8) is 0 Å². The summed E-state index contributed by atoms with van der Waals surface area (Å²) in [4.78, 5) is 25.3. The molecule has 1 aliphatic carbocycles. The first kappa shape index (κ1) is 27.1. The molecule has 3 N–H and O–H groups in total. The Morgan fingerprint density at radius 2 is 1.64 bits per heavy atom. The molecule has 0 saturated heterocycles. The normalized spacial score (nSPS) is 14.4. The summed E-state index contributed by atoms with van der Waals surface area (Å²) in [7, 11) is 0. The highest BCUT2D eigenvalue weighted by Crippen LogP contribution is 2.27. The van der Waals surface area contributed by atoms with Crippen molar-refractivity contribution in [1.29, 1.82) is 0 Å². The molecule has 10 heteroatoms. The van der Waals surface area contributed by atoms with Crippen LogP contribution in [-0.4, -0.2) is 43.0 Å². The first-order chi connectivity index (χ1) is 17.2. The first-order valence-corrected chi connectivity index (χ1v) is 11.7. The van der Waals surface area contributed by atoms with Crippen LogP contribution in [0.2, 0.25) is 0 Å². The Bertz CT molecular complexity index is 1030. The van der Waals surface area contributed by atoms with Crippen molar-refractivity contribution in [2.75, 3.05) is 19.8 Å². The zero-order valence-corrected chi connectivity index (χ0v) is 19.6. The summed E-state index contributed by atoms with van der Waals surface area (Å²) in [5.74, 6) is -0.289. The molecule has 0 spiro atoms. The van der Waals surface area contributed by atoms with Crippen LogP contribution in [0.25, 0.3) is 6.08 Å². The van der Waals surface area contributed by atoms with Crippen molar-refractivity contribution in [2.24, 2.45) is 5.92 Å². The molecule has 0 atom stereocenters. The fourth-order valence-corrected chi connectivity index (χ4v) is 3.89. The summed E-state index contributed by atoms with van der Waals surface area (Å²) in [6, 6.07) is 11.3. The molecule has 2 aromatic carbocycles. The predicted octanol–water partition coefficient (Wildman–Crippen LogP) is 4.42. The molecule has 1 aliphatic rings. The van der Waals surface area contributed by atoms with Crippen molar-refractivity contribution in [3.8, 4) is 11.5 Å². The van der Waals surface area contributed by atoms with Gasteiger partial charge in [0.25, 0.3) is 11.8 Å². The fraction of sp³-hybridized carbons (Fsp3) is 0.385. The van der Waals surface area contributed by atoms with E-state index in [1.165, 1.54) is 43.9 Å². The Hall–Kier alpha value is -3.53. The molecule has 1 saturated carbocycles. The summed E-state index contributed by atoms with van der Waals surface area (Å²) in [6.07, 6.45) is 2.54. The van der Waals surface area contributed by atoms with E-state index >= 15 is 0 Å². The fourth-order valence-electron chi connectivity index (χ4n) is 3.89. The van der Waals surface area contributed by atoms with Crippen LogP contribution in [0.5, 0.6) is 11.5 Å². The number of carbonyl (C=O) groups is 2. The van der Waals surface area contributed by atoms with Crippen LogP contribution in [0.4, 0.5) is 13.2 Å². The van der Waals surface area contributed by atoms with Crippen molar-refractivity contribution in [1.82, 2.24) is 10.6 Å². The molecule has 194 valence electrons. The molecular formula is C26H29F3N2O5. The molecule has 0 bridgehead atoms. The van der Waals surface area contributed by atoms with E-state index in [0.717, 1.165) is 18.6 Å². The number of aliphatic hydroxyl groups excluding tert-OH is 1. The summed E-state index contributed by atoms with van der Waals surface area (Å²) in [5, 5.41) is 13.9. The molecule has 0 aliphatic heterocycles. The second kappa shape index (κ2) is 13.0. The topological polar surface area (TPSA) is 96.9 Å². The van der Waals surface area contributed by atoms with E-state index in [1.54, 1.807) is 24.3 Å². The average Bonchev–Trinajstić information content (AvgIpc) is 3.36. The Kier molecular flexibility index (Phi) is 9.75. The Morgan fingerprint density at radius 3 is 2.25 bits per heavy atom. The highest BCUT2D eigenvalue weighted by Gasteiger charge is 2.31. The van der Waals surface area contributed by atoms with E-state index in [0.29, 0.717) is 23.8 Å². The maximum absolute atomic E-state index is 12.8. The minimum Gasteiger partial charge on any atom is -0.494 e. The van der Waals surface area contributed by atoms with Gasteiger partial charge in [0, 0.05) is 12.1 Å². The SMILES string of the molecule is O=C(NCCO)/C(=C/c1ccc(OC(F)(F)F)cc1)NC(=O)c1ccc(OCCC2CCCC2)cc1. The Balaban J connectivity index is 1.65. The molecule has 2 aromatic rings. The van der Waals surface area contributed by atoms with Crippen LogP contribution >= 0.6 is 0 Å². The van der Waals surface area contributed by atoms with E-state index in [-0.39, 0.29) is 24.4 Å². The zero-order chi connectivity index (χ0) is 26.0. The van der Waals surface area contributed by atoms with Gasteiger partial charge in [-0.2, -0.15) is 0 Å². The molecule has 0 aromatic heterocycles. The molecule has 0 radical (unpaired) electrons. The Morgan fingerprint density at radius 1 is 1.00 bits per heavy atom. The van der Waals surface area contributed by atoms with Gasteiger partial charge in [0.15, 0.2) is 0 Å². The maximum atomic E-state index is 12.8. The van der Waals surface area contributed by atoms with Crippen LogP contribution in [0.15, 0.2) is 54.2 Å². The molecule has 3 rings (SSSR count). The number of ether oxygens (including phenoxy) is 2. The highest BCUT2D eigenvalue weighted by molar-refractivity contribution is 6.05. The monoisotopic (exact) mass is 506 g/mol. The van der Waals surface area contributed by atoms with Gasteiger partial charge in [-0.1, -0.05) is 37.8 Å². The second-order valence-corrected chi connectivity index (χ2v) is 8.42. The number of rotatable bonds is 11. The zero-order valence-electron chi connectivity index (χ0n) is 19.6. The third-order valence-corrected chi connectivity index (χ3v) is 5.70. The summed E-state index contributed by atoms with van der Waals surface area (Å²) >= 11 is 0. The lowest BCUT2D eigenvalue weighted by atomic mass is 10.1. The number of hydrogen-bond donors (Lipinski definition) is 3. The summed E-state index contributed by atoms with van der Waals surface area (Å²) < 4.78 is 46.7. The van der Waals surface area contributed by atoms with E-state index in [2.05, 4.69) is 15.4 Å². The van der Waals surface area contributed by atoms with Crippen molar-refractivity contribution in [2.45, 2.75) is 38.5 Å². The van der Waals surface area contributed by atoms with Crippen molar-refractivity contribution >= 4 is 17.9 Å². The largest absolute Gasteiger partial charge is 0.573 e. The summed E-state index contributed by atoms with van der Waals surface area (Å²) in [6.45, 7) is 0.261. The lowest BCUT2D eigenvalue weighted by Crippen LogP contribution is -2.36. The van der Waals surface area contributed by atoms with Crippen LogP contribution in [-0.2, 0) is 4.79 Å². The number of aliphatic hydroxyl groups is 1. The van der Waals surface area contributed by atoms with E-state index in [4.69, 9.17) is 9.84 Å². The van der Waals surface area contributed by atoms with E-state index < -0.39 is 23.9 Å². The van der Waals surface area contributed by atoms with Gasteiger partial charge < -0.3 is 25.2 Å². The second-order valence-electron chi connectivity index (χ2n) is 8.42. The maximum Gasteiger partial charge on any atom is 0.573 e. The Labute approximate surface area is 207 Å². The quantitative estimate of drug-likeness (QED) is 0.392. The molecule has 7 nitrogen and oxygen atoms in total. The molecule has 2 amide bonds. The smallest absolute Gasteiger partial charge is 0.494 e. The number of nitrogens with one attached hydrogen (secondary N) is 2. The number of hydrogen-bond acceptors (Lipinski definition) is 5. The van der Waals surface area contributed by atoms with Crippen molar-refractivity contribution < 1.29 is 37.3 Å². The summed E-state index contributed by atoms with van der Waals surface area (Å²) in [5.41, 5.74) is 0.493. The van der Waals surface area contributed by atoms with Gasteiger partial charge in [-0.25, -0.2) is 0 Å². The average molecular weight is 507 g/mol. The molecular weight excluding hydrogens is 477 g/mol. The predicted molar refractivity (Wildman–Crippen MR) is 127 cm³/mol. The van der Waals surface area contributed by atoms with Gasteiger partial charge in [0.05, 0.1) is 13.2 Å². The van der Waals surface area contributed by atoms with E-state index in [9.17, 15) is 22.8 Å². The van der Waals surface area contributed by atoms with Gasteiger partial charge in [-0.15, -0.1) is 13.2 Å². The van der Waals surface area contributed by atoms with Crippen LogP contribution in [0.1, 0.15) is 48.0 Å². The van der Waals surface area contributed by atoms with Gasteiger partial charge in [0.1, 0.15) is 17.2 Å². The third kappa shape index (κ3) is 8.92. The lowest BCUT2D eigenvalue weighted by molar-refractivity contribution is -0.274. The standard InChI is InChI=1S/C26H29F3N2O5/c27-26(28,29)36-22-9-5-19(6-10-22)17-23(25(34)30-14-15-32)31-24(33)20-7-11-21(12-8-20)35-16-13-18-3-1-2-4-18/h5-12,17-18,32H,1-4,13-16H2,(H,30,34)(H,31,33)/b23-17-. The minimum atomic E-state index is -4.82. The lowest BCUT2D eigenvalue weighted by Gasteiger charge is -2.12. The van der Waals surface area contributed by atoms with E-state index in [1.807, 2.05) is 0 Å². The molecule has 0 heterocycles. The highest BCUT2D eigenvalue weighted by atomic mass is 19.4. The van der Waals surface area contributed by atoms with Crippen LogP contribution < -0.4 is 20.1 Å². The molecule has 0 unspecified atom stereocenters. The van der Waals surface area contributed by atoms with Gasteiger partial charge in [-0.3, -0.25) is 9.59 Å². The van der Waals surface area contributed by atoms with Crippen molar-refractivity contribution in [3.05, 3.63) is 65.4 Å². The number of halogens is 3. The number of amides is 2. The minimum absolute atomic E-state index is 0.0443. The third-order valence-electron chi connectivity index (χ3n) is 5.70. The molecule has 36 heavy (non-hydrogen) atoms. The van der Waals surface area contributed by atoms with Gasteiger partial charge >= 0.3 is 6.36 Å². The number of alkyl halides is 3. The van der Waals surface area contributed by atoms with Gasteiger partial charge in [-0.05, 0) is 60.4 Å². The number of carbonyl (C=O) groups excluding carboxylic acids is 2. The van der Waals surface area contributed by atoms with Gasteiger partial charge in [0.2, 0.25) is 0 Å². The number of benzene rings is 2. The molecule has 1 fully saturated rings. The first-order valence-electron chi connectivity index (χ1n) is 11.7. The van der Waals surface area contributed by atoms with Crippen LogP contribution in [0.3, 0.4) is 0 Å². The van der Waals surface area contributed by atoms with Crippen LogP contribution in [0, 0.1) is 5.92 Å².